The summed E-state index contributed by atoms with van der Waals surface area (Å²) in [7, 11) is 0. The Balaban J connectivity index is 2.11. The van der Waals surface area contributed by atoms with Gasteiger partial charge in [-0.1, -0.05) is 22.6 Å². The van der Waals surface area contributed by atoms with Crippen LogP contribution < -0.4 is 10.6 Å². The molecule has 0 aromatic carbocycles. The van der Waals surface area contributed by atoms with Gasteiger partial charge in [0.25, 0.3) is 0 Å². The Kier molecular flexibility index (Phi) is 2.64. The topological polar surface area (TPSA) is 50.4 Å². The van der Waals surface area contributed by atoms with E-state index in [1.54, 1.807) is 0 Å². The molecule has 0 aromatic heterocycles. The molecule has 13 heavy (non-hydrogen) atoms. The van der Waals surface area contributed by atoms with E-state index in [9.17, 15) is 4.79 Å². The Morgan fingerprint density at radius 3 is 2.85 bits per heavy atom. The van der Waals surface area contributed by atoms with E-state index in [-0.39, 0.29) is 11.7 Å². The number of hydrogen-bond donors (Lipinski definition) is 2. The molecule has 4 nitrogen and oxygen atoms in total. The van der Waals surface area contributed by atoms with E-state index in [4.69, 9.17) is 4.74 Å². The van der Waals surface area contributed by atoms with Gasteiger partial charge in [0.1, 0.15) is 5.60 Å². The predicted octanol–water partition coefficient (Wildman–Crippen LogP) is 0.652. The maximum absolute atomic E-state index is 11.1. The zero-order valence-electron chi connectivity index (χ0n) is 7.31. The van der Waals surface area contributed by atoms with Gasteiger partial charge in [0, 0.05) is 19.4 Å². The lowest BCUT2D eigenvalue weighted by Gasteiger charge is -2.43. The summed E-state index contributed by atoms with van der Waals surface area (Å²) < 4.78 is 5.82. The van der Waals surface area contributed by atoms with Crippen LogP contribution in [0.4, 0.5) is 4.79 Å². The van der Waals surface area contributed by atoms with Gasteiger partial charge in [0.2, 0.25) is 0 Å². The van der Waals surface area contributed by atoms with Gasteiger partial charge >= 0.3 is 6.09 Å². The molecular weight excluding hydrogens is 283 g/mol. The molecule has 2 rings (SSSR count). The molecule has 2 aliphatic heterocycles. The molecule has 0 aliphatic carbocycles. The Hall–Kier alpha value is -0.0400. The highest BCUT2D eigenvalue weighted by atomic mass is 127. The van der Waals surface area contributed by atoms with Crippen LogP contribution >= 0.6 is 22.6 Å². The fourth-order valence-electron chi connectivity index (χ4n) is 1.91. The molecular formula is C8H13IN2O2. The van der Waals surface area contributed by atoms with Gasteiger partial charge in [0.05, 0.1) is 3.92 Å². The van der Waals surface area contributed by atoms with E-state index in [1.807, 2.05) is 0 Å². The van der Waals surface area contributed by atoms with Crippen LogP contribution in [0.3, 0.4) is 0 Å². The first-order chi connectivity index (χ1) is 6.23. The number of alkyl halides is 1. The molecule has 0 aromatic rings. The Bertz CT molecular complexity index is 216. The Morgan fingerprint density at radius 1 is 1.46 bits per heavy atom. The van der Waals surface area contributed by atoms with Crippen LogP contribution in [0.25, 0.3) is 0 Å². The maximum Gasteiger partial charge on any atom is 0.407 e. The number of piperidine rings is 1. The molecule has 2 fully saturated rings. The molecule has 0 saturated carbocycles. The SMILES string of the molecule is O=C1NCC(I)C2(CCNCC2)O1. The van der Waals surface area contributed by atoms with E-state index in [2.05, 4.69) is 33.2 Å². The molecule has 2 aliphatic rings. The van der Waals surface area contributed by atoms with Gasteiger partial charge in [0.15, 0.2) is 0 Å². The van der Waals surface area contributed by atoms with Crippen molar-refractivity contribution in [1.29, 1.82) is 0 Å². The van der Waals surface area contributed by atoms with Crippen molar-refractivity contribution in [2.45, 2.75) is 22.4 Å². The highest BCUT2D eigenvalue weighted by molar-refractivity contribution is 14.1. The second kappa shape index (κ2) is 3.61. The summed E-state index contributed by atoms with van der Waals surface area (Å²) in [6.45, 7) is 2.64. The summed E-state index contributed by atoms with van der Waals surface area (Å²) in [6, 6.07) is 0. The molecule has 5 heteroatoms. The first-order valence-corrected chi connectivity index (χ1v) is 5.79. The second-order valence-corrected chi connectivity index (χ2v) is 5.06. The van der Waals surface area contributed by atoms with Crippen molar-refractivity contribution in [1.82, 2.24) is 10.6 Å². The predicted molar refractivity (Wildman–Crippen MR) is 57.1 cm³/mol. The number of halogens is 1. The largest absolute Gasteiger partial charge is 0.442 e. The number of ether oxygens (including phenoxy) is 1. The molecule has 0 bridgehead atoms. The van der Waals surface area contributed by atoms with Gasteiger partial charge in [-0.25, -0.2) is 4.79 Å². The van der Waals surface area contributed by atoms with Crippen LogP contribution in [0, 0.1) is 0 Å². The third-order valence-corrected chi connectivity index (χ3v) is 4.32. The fourth-order valence-corrected chi connectivity index (χ4v) is 2.88. The Morgan fingerprint density at radius 2 is 2.15 bits per heavy atom. The summed E-state index contributed by atoms with van der Waals surface area (Å²) in [4.78, 5) is 11.1. The van der Waals surface area contributed by atoms with Crippen molar-refractivity contribution in [2.75, 3.05) is 19.6 Å². The highest BCUT2D eigenvalue weighted by Crippen LogP contribution is 2.33. The molecule has 1 atom stereocenters. The van der Waals surface area contributed by atoms with E-state index < -0.39 is 0 Å². The maximum atomic E-state index is 11.1. The lowest BCUT2D eigenvalue weighted by atomic mass is 9.88. The summed E-state index contributed by atoms with van der Waals surface area (Å²) in [6.07, 6.45) is 1.62. The van der Waals surface area contributed by atoms with Crippen LogP contribution in [0.1, 0.15) is 12.8 Å². The summed E-state index contributed by atoms with van der Waals surface area (Å²) in [5.41, 5.74) is -0.200. The average molecular weight is 296 g/mol. The van der Waals surface area contributed by atoms with Crippen LogP contribution in [0.5, 0.6) is 0 Å². The Labute approximate surface area is 90.9 Å². The van der Waals surface area contributed by atoms with Crippen molar-refractivity contribution in [2.24, 2.45) is 0 Å². The molecule has 2 N–H and O–H groups in total. The fraction of sp³-hybridized carbons (Fsp3) is 0.875. The first kappa shape index (κ1) is 9.51. The van der Waals surface area contributed by atoms with Gasteiger partial charge < -0.3 is 15.4 Å². The third-order valence-electron chi connectivity index (χ3n) is 2.74. The number of nitrogens with one attached hydrogen (secondary N) is 2. The smallest absolute Gasteiger partial charge is 0.407 e. The van der Waals surface area contributed by atoms with E-state index in [0.717, 1.165) is 32.5 Å². The van der Waals surface area contributed by atoms with Crippen molar-refractivity contribution >= 4 is 28.7 Å². The van der Waals surface area contributed by atoms with Crippen molar-refractivity contribution < 1.29 is 9.53 Å². The van der Waals surface area contributed by atoms with E-state index in [0.29, 0.717) is 3.92 Å². The monoisotopic (exact) mass is 296 g/mol. The minimum atomic E-state index is -0.255. The van der Waals surface area contributed by atoms with Gasteiger partial charge in [-0.3, -0.25) is 0 Å². The number of alkyl carbamates (subject to hydrolysis) is 1. The highest BCUT2D eigenvalue weighted by Gasteiger charge is 2.45. The second-order valence-electron chi connectivity index (χ2n) is 3.55. The lowest BCUT2D eigenvalue weighted by Crippen LogP contribution is -2.59. The summed E-state index contributed by atoms with van der Waals surface area (Å²) in [5.74, 6) is 0. The zero-order valence-corrected chi connectivity index (χ0v) is 9.46. The third kappa shape index (κ3) is 1.76. The molecule has 0 radical (unpaired) electrons. The van der Waals surface area contributed by atoms with E-state index >= 15 is 0 Å². The molecule has 2 saturated heterocycles. The van der Waals surface area contributed by atoms with Crippen molar-refractivity contribution in [3.63, 3.8) is 0 Å². The minimum absolute atomic E-state index is 0.200. The average Bonchev–Trinajstić information content (AvgIpc) is 2.14. The van der Waals surface area contributed by atoms with Gasteiger partial charge in [-0.05, 0) is 13.1 Å². The number of rotatable bonds is 0. The minimum Gasteiger partial charge on any atom is -0.442 e. The number of carbonyl (C=O) groups excluding carboxylic acids is 1. The molecule has 74 valence electrons. The molecule has 1 unspecified atom stereocenters. The number of carbonyl (C=O) groups is 1. The molecule has 2 heterocycles. The van der Waals surface area contributed by atoms with E-state index in [1.165, 1.54) is 0 Å². The molecule has 1 spiro atoms. The van der Waals surface area contributed by atoms with Crippen molar-refractivity contribution in [3.05, 3.63) is 0 Å². The van der Waals surface area contributed by atoms with Crippen LogP contribution in [0.15, 0.2) is 0 Å². The molecule has 1 amide bonds. The standard InChI is InChI=1S/C8H13IN2O2/c9-6-5-11-7(12)13-8(6)1-3-10-4-2-8/h6,10H,1-5H2,(H,11,12). The number of hydrogen-bond acceptors (Lipinski definition) is 3. The van der Waals surface area contributed by atoms with Crippen LogP contribution in [0.2, 0.25) is 0 Å². The first-order valence-electron chi connectivity index (χ1n) is 4.55. The summed E-state index contributed by atoms with van der Waals surface area (Å²) in [5, 5.41) is 5.99. The van der Waals surface area contributed by atoms with Gasteiger partial charge in [-0.2, -0.15) is 0 Å². The van der Waals surface area contributed by atoms with Crippen LogP contribution in [-0.2, 0) is 4.74 Å². The normalized spacial score (nSPS) is 32.4. The van der Waals surface area contributed by atoms with Crippen LogP contribution in [-0.4, -0.2) is 35.3 Å². The van der Waals surface area contributed by atoms with Crippen molar-refractivity contribution in [3.8, 4) is 0 Å². The quantitative estimate of drug-likeness (QED) is 0.510. The number of amides is 1. The van der Waals surface area contributed by atoms with Gasteiger partial charge in [-0.15, -0.1) is 0 Å². The lowest BCUT2D eigenvalue weighted by molar-refractivity contribution is -0.0245. The summed E-state index contributed by atoms with van der Waals surface area (Å²) >= 11 is 2.37. The zero-order chi connectivity index (χ0) is 9.31.